The van der Waals surface area contributed by atoms with Crippen molar-refractivity contribution in [3.8, 4) is 0 Å². The van der Waals surface area contributed by atoms with Gasteiger partial charge in [-0.2, -0.15) is 0 Å². The number of hydrogen-bond donors (Lipinski definition) is 1. The predicted molar refractivity (Wildman–Crippen MR) is 57.6 cm³/mol. The number of hydrogen-bond acceptors (Lipinski definition) is 2. The Kier molecular flexibility index (Phi) is 2.53. The number of anilines is 1. The first kappa shape index (κ1) is 9.25. The lowest BCUT2D eigenvalue weighted by atomic mass is 10.00. The van der Waals surface area contributed by atoms with E-state index < -0.39 is 0 Å². The third kappa shape index (κ3) is 1.79. The Bertz CT molecular complexity index is 346. The summed E-state index contributed by atoms with van der Waals surface area (Å²) in [5, 5.41) is 3.33. The van der Waals surface area contributed by atoms with Gasteiger partial charge in [-0.1, -0.05) is 19.1 Å². The smallest absolute Gasteiger partial charge is 0.123 e. The summed E-state index contributed by atoms with van der Waals surface area (Å²) < 4.78 is 0. The molecule has 0 aliphatic carbocycles. The number of carbonyl (C=O) groups is 1. The molecule has 1 atom stereocenters. The number of benzene rings is 1. The summed E-state index contributed by atoms with van der Waals surface area (Å²) in [5.74, 6) is 0.127. The van der Waals surface area contributed by atoms with Crippen LogP contribution < -0.4 is 5.32 Å². The second-order valence-corrected chi connectivity index (χ2v) is 3.99. The third-order valence-electron chi connectivity index (χ3n) is 2.67. The molecule has 0 amide bonds. The second-order valence-electron chi connectivity index (χ2n) is 3.99. The number of rotatable bonds is 3. The van der Waals surface area contributed by atoms with Gasteiger partial charge in [0.1, 0.15) is 6.29 Å². The summed E-state index contributed by atoms with van der Waals surface area (Å²) in [5.41, 5.74) is 3.92. The van der Waals surface area contributed by atoms with Gasteiger partial charge in [0.2, 0.25) is 0 Å². The Labute approximate surface area is 84.3 Å². The standard InChI is InChI=1S/C12H15NO/c1-9(8-14)6-10-2-3-12-11(7-10)4-5-13-12/h2-3,7-9,13H,4-6H2,1H3. The molecule has 0 aromatic heterocycles. The molecule has 1 aliphatic heterocycles. The van der Waals surface area contributed by atoms with E-state index in [1.807, 2.05) is 6.92 Å². The van der Waals surface area contributed by atoms with Crippen molar-refractivity contribution in [2.45, 2.75) is 19.8 Å². The Balaban J connectivity index is 2.16. The summed E-state index contributed by atoms with van der Waals surface area (Å²) in [6.07, 6.45) is 2.99. The summed E-state index contributed by atoms with van der Waals surface area (Å²) in [6, 6.07) is 6.45. The van der Waals surface area contributed by atoms with Crippen LogP contribution in [0.3, 0.4) is 0 Å². The van der Waals surface area contributed by atoms with E-state index in [-0.39, 0.29) is 5.92 Å². The van der Waals surface area contributed by atoms with Gasteiger partial charge >= 0.3 is 0 Å². The van der Waals surface area contributed by atoms with Gasteiger partial charge < -0.3 is 10.1 Å². The molecule has 0 saturated heterocycles. The van der Waals surface area contributed by atoms with Crippen LogP contribution in [-0.4, -0.2) is 12.8 Å². The number of aldehydes is 1. The van der Waals surface area contributed by atoms with Crippen LogP contribution in [0.1, 0.15) is 18.1 Å². The largest absolute Gasteiger partial charge is 0.384 e. The molecule has 74 valence electrons. The second kappa shape index (κ2) is 3.82. The maximum atomic E-state index is 10.5. The van der Waals surface area contributed by atoms with Crippen LogP contribution in [-0.2, 0) is 17.6 Å². The Hall–Kier alpha value is -1.31. The van der Waals surface area contributed by atoms with E-state index >= 15 is 0 Å². The molecule has 0 spiro atoms. The lowest BCUT2D eigenvalue weighted by molar-refractivity contribution is -0.110. The number of carbonyl (C=O) groups excluding carboxylic acids is 1. The molecule has 1 aromatic rings. The number of fused-ring (bicyclic) bond motifs is 1. The average molecular weight is 189 g/mol. The van der Waals surface area contributed by atoms with Crippen molar-refractivity contribution in [3.63, 3.8) is 0 Å². The van der Waals surface area contributed by atoms with Gasteiger partial charge in [-0.25, -0.2) is 0 Å². The van der Waals surface area contributed by atoms with E-state index in [1.165, 1.54) is 16.8 Å². The van der Waals surface area contributed by atoms with Gasteiger partial charge in [-0.3, -0.25) is 0 Å². The van der Waals surface area contributed by atoms with Gasteiger partial charge in [-0.15, -0.1) is 0 Å². The van der Waals surface area contributed by atoms with Gasteiger partial charge in [0.15, 0.2) is 0 Å². The van der Waals surface area contributed by atoms with Crippen molar-refractivity contribution in [1.82, 2.24) is 0 Å². The molecule has 0 bridgehead atoms. The highest BCUT2D eigenvalue weighted by atomic mass is 16.1. The summed E-state index contributed by atoms with van der Waals surface area (Å²) in [6.45, 7) is 3.00. The molecule has 0 radical (unpaired) electrons. The first-order chi connectivity index (χ1) is 6.79. The van der Waals surface area contributed by atoms with Crippen LogP contribution in [0.4, 0.5) is 5.69 Å². The van der Waals surface area contributed by atoms with Crippen molar-refractivity contribution in [2.75, 3.05) is 11.9 Å². The van der Waals surface area contributed by atoms with Crippen molar-refractivity contribution < 1.29 is 4.79 Å². The van der Waals surface area contributed by atoms with Crippen LogP contribution in [0.2, 0.25) is 0 Å². The third-order valence-corrected chi connectivity index (χ3v) is 2.67. The van der Waals surface area contributed by atoms with E-state index in [0.29, 0.717) is 0 Å². The van der Waals surface area contributed by atoms with Crippen molar-refractivity contribution >= 4 is 12.0 Å². The van der Waals surface area contributed by atoms with Crippen LogP contribution in [0.15, 0.2) is 18.2 Å². The highest BCUT2D eigenvalue weighted by Gasteiger charge is 2.10. The first-order valence-electron chi connectivity index (χ1n) is 5.10. The fraction of sp³-hybridized carbons (Fsp3) is 0.417. The first-order valence-corrected chi connectivity index (χ1v) is 5.10. The molecule has 2 nitrogen and oxygen atoms in total. The van der Waals surface area contributed by atoms with Gasteiger partial charge in [-0.05, 0) is 30.0 Å². The Morgan fingerprint density at radius 1 is 1.57 bits per heavy atom. The minimum absolute atomic E-state index is 0.127. The van der Waals surface area contributed by atoms with Gasteiger partial charge in [0.05, 0.1) is 0 Å². The monoisotopic (exact) mass is 189 g/mol. The normalized spacial score (nSPS) is 15.8. The minimum atomic E-state index is 0.127. The Morgan fingerprint density at radius 3 is 3.21 bits per heavy atom. The van der Waals surface area contributed by atoms with Gasteiger partial charge in [0, 0.05) is 18.2 Å². The minimum Gasteiger partial charge on any atom is -0.384 e. The highest BCUT2D eigenvalue weighted by Crippen LogP contribution is 2.23. The fourth-order valence-electron chi connectivity index (χ4n) is 1.91. The van der Waals surface area contributed by atoms with Crippen molar-refractivity contribution in [3.05, 3.63) is 29.3 Å². The molecule has 0 saturated carbocycles. The van der Waals surface area contributed by atoms with E-state index in [0.717, 1.165) is 25.7 Å². The average Bonchev–Trinajstić information content (AvgIpc) is 2.64. The molecule has 1 aliphatic rings. The van der Waals surface area contributed by atoms with Crippen LogP contribution in [0.5, 0.6) is 0 Å². The van der Waals surface area contributed by atoms with E-state index in [2.05, 4.69) is 23.5 Å². The molecule has 1 heterocycles. The van der Waals surface area contributed by atoms with Crippen LogP contribution in [0.25, 0.3) is 0 Å². The van der Waals surface area contributed by atoms with Crippen molar-refractivity contribution in [1.29, 1.82) is 0 Å². The molecular weight excluding hydrogens is 174 g/mol. The fourth-order valence-corrected chi connectivity index (χ4v) is 1.91. The SMILES string of the molecule is CC(C=O)Cc1ccc2c(c1)CCN2. The van der Waals surface area contributed by atoms with Crippen LogP contribution >= 0.6 is 0 Å². The highest BCUT2D eigenvalue weighted by molar-refractivity contribution is 5.58. The zero-order valence-electron chi connectivity index (χ0n) is 8.42. The molecule has 2 heteroatoms. The van der Waals surface area contributed by atoms with Crippen LogP contribution in [0, 0.1) is 5.92 Å². The zero-order valence-corrected chi connectivity index (χ0v) is 8.42. The molecule has 2 rings (SSSR count). The van der Waals surface area contributed by atoms with Gasteiger partial charge in [0.25, 0.3) is 0 Å². The lowest BCUT2D eigenvalue weighted by Gasteiger charge is -2.06. The zero-order chi connectivity index (χ0) is 9.97. The summed E-state index contributed by atoms with van der Waals surface area (Å²) in [4.78, 5) is 10.5. The van der Waals surface area contributed by atoms with E-state index in [1.54, 1.807) is 0 Å². The molecule has 14 heavy (non-hydrogen) atoms. The molecule has 1 unspecified atom stereocenters. The summed E-state index contributed by atoms with van der Waals surface area (Å²) >= 11 is 0. The topological polar surface area (TPSA) is 29.1 Å². The Morgan fingerprint density at radius 2 is 2.43 bits per heavy atom. The number of nitrogens with one attached hydrogen (secondary N) is 1. The molecular formula is C12H15NO. The molecule has 1 aromatic carbocycles. The van der Waals surface area contributed by atoms with E-state index in [4.69, 9.17) is 0 Å². The van der Waals surface area contributed by atoms with E-state index in [9.17, 15) is 4.79 Å². The lowest BCUT2D eigenvalue weighted by Crippen LogP contribution is -2.00. The van der Waals surface area contributed by atoms with Crippen molar-refractivity contribution in [2.24, 2.45) is 5.92 Å². The molecule has 0 fully saturated rings. The molecule has 1 N–H and O–H groups in total. The maximum absolute atomic E-state index is 10.5. The predicted octanol–water partition coefficient (Wildman–Crippen LogP) is 2.03. The quantitative estimate of drug-likeness (QED) is 0.737. The maximum Gasteiger partial charge on any atom is 0.123 e. The summed E-state index contributed by atoms with van der Waals surface area (Å²) in [7, 11) is 0.